The molecule has 5 rings (SSSR count). The van der Waals surface area contributed by atoms with Crippen molar-refractivity contribution in [3.05, 3.63) is 76.1 Å². The van der Waals surface area contributed by atoms with Crippen LogP contribution in [0.2, 0.25) is 5.02 Å². The fraction of sp³-hybridized carbons (Fsp3) is 0.452. The van der Waals surface area contributed by atoms with Gasteiger partial charge in [-0.25, -0.2) is 9.44 Å². The molecule has 0 saturated heterocycles. The molecule has 47 heavy (non-hydrogen) atoms. The molecular formula is C31H34ClF3N6O5S. The molecule has 252 valence electrons. The summed E-state index contributed by atoms with van der Waals surface area (Å²) in [5, 5.41) is 9.07. The summed E-state index contributed by atoms with van der Waals surface area (Å²) in [6, 6.07) is 12.7. The van der Waals surface area contributed by atoms with Crippen molar-refractivity contribution >= 4 is 39.4 Å². The van der Waals surface area contributed by atoms with Gasteiger partial charge in [0, 0.05) is 29.5 Å². The van der Waals surface area contributed by atoms with E-state index in [2.05, 4.69) is 20.3 Å². The lowest BCUT2D eigenvalue weighted by Gasteiger charge is -2.28. The van der Waals surface area contributed by atoms with E-state index in [0.29, 0.717) is 33.3 Å². The Morgan fingerprint density at radius 2 is 1.66 bits per heavy atom. The summed E-state index contributed by atoms with van der Waals surface area (Å²) in [5.41, 5.74) is 0.557. The van der Waals surface area contributed by atoms with Crippen LogP contribution >= 0.6 is 11.6 Å². The number of hydrogen-bond donors (Lipinski definition) is 2. The Kier molecular flexibility index (Phi) is 9.55. The van der Waals surface area contributed by atoms with Crippen LogP contribution in [-0.2, 0) is 27.0 Å². The van der Waals surface area contributed by atoms with Crippen molar-refractivity contribution in [3.63, 3.8) is 0 Å². The smallest absolute Gasteiger partial charge is 0.422 e. The fourth-order valence-electron chi connectivity index (χ4n) is 5.43. The molecule has 0 unspecified atom stereocenters. The van der Waals surface area contributed by atoms with Gasteiger partial charge in [0.15, 0.2) is 12.4 Å². The van der Waals surface area contributed by atoms with E-state index in [4.69, 9.17) is 21.5 Å². The lowest BCUT2D eigenvalue weighted by Crippen LogP contribution is -2.48. The first-order valence-corrected chi connectivity index (χ1v) is 16.8. The molecular weight excluding hydrogens is 661 g/mol. The molecule has 1 heterocycles. The number of nitrogens with one attached hydrogen (secondary N) is 1. The molecule has 2 aliphatic rings. The zero-order valence-corrected chi connectivity index (χ0v) is 27.3. The number of ketones is 1. The number of aromatic nitrogens is 3. The maximum absolute atomic E-state index is 13.1. The molecule has 3 N–H and O–H groups in total. The molecule has 0 aliphatic heterocycles. The van der Waals surface area contributed by atoms with Gasteiger partial charge in [0.25, 0.3) is 0 Å². The van der Waals surface area contributed by atoms with E-state index in [1.165, 1.54) is 0 Å². The van der Waals surface area contributed by atoms with Crippen LogP contribution in [0.4, 0.5) is 19.1 Å². The zero-order chi connectivity index (χ0) is 34.2. The van der Waals surface area contributed by atoms with E-state index in [9.17, 15) is 31.2 Å². The number of nitrogens with zero attached hydrogens (tertiary/aromatic N) is 4. The van der Waals surface area contributed by atoms with Gasteiger partial charge in [0.05, 0.1) is 11.0 Å². The number of rotatable bonds is 14. The number of carbonyl (C=O) groups is 2. The Morgan fingerprint density at radius 1 is 1.02 bits per heavy atom. The average Bonchev–Trinajstić information content (AvgIpc) is 3.91. The predicted molar refractivity (Wildman–Crippen MR) is 167 cm³/mol. The van der Waals surface area contributed by atoms with Crippen LogP contribution in [0.1, 0.15) is 79.7 Å². The monoisotopic (exact) mass is 694 g/mol. The second-order valence-corrected chi connectivity index (χ2v) is 14.2. The van der Waals surface area contributed by atoms with Crippen LogP contribution < -0.4 is 15.2 Å². The number of anilines is 1. The third-order valence-corrected chi connectivity index (χ3v) is 9.63. The first-order valence-electron chi connectivity index (χ1n) is 15.0. The maximum Gasteiger partial charge on any atom is 0.422 e. The van der Waals surface area contributed by atoms with Crippen LogP contribution in [0.5, 0.6) is 6.01 Å². The molecule has 2 saturated carbocycles. The van der Waals surface area contributed by atoms with Gasteiger partial charge >= 0.3 is 22.4 Å². The van der Waals surface area contributed by atoms with Gasteiger partial charge in [0.1, 0.15) is 5.82 Å². The van der Waals surface area contributed by atoms with Crippen LogP contribution in [0.15, 0.2) is 48.5 Å². The van der Waals surface area contributed by atoms with E-state index in [1.54, 1.807) is 50.2 Å². The van der Waals surface area contributed by atoms with Crippen molar-refractivity contribution in [2.24, 2.45) is 10.6 Å². The molecule has 1 amide bonds. The van der Waals surface area contributed by atoms with E-state index in [-0.39, 0.29) is 36.8 Å². The van der Waals surface area contributed by atoms with Gasteiger partial charge in [-0.3, -0.25) is 9.59 Å². The molecule has 11 nitrogen and oxygen atoms in total. The fourth-order valence-corrected chi connectivity index (χ4v) is 6.56. The summed E-state index contributed by atoms with van der Waals surface area (Å²) in [5.74, 6) is -0.602. The number of amides is 1. The summed E-state index contributed by atoms with van der Waals surface area (Å²) >= 11 is 6.02. The Hall–Kier alpha value is -3.82. The van der Waals surface area contributed by atoms with Crippen molar-refractivity contribution < 1.29 is 35.9 Å². The van der Waals surface area contributed by atoms with Crippen molar-refractivity contribution in [1.82, 2.24) is 19.3 Å². The molecule has 2 aromatic carbocycles. The minimum Gasteiger partial charge on any atom is -0.454 e. The first-order chi connectivity index (χ1) is 22.0. The second-order valence-electron chi connectivity index (χ2n) is 12.3. The zero-order valence-electron chi connectivity index (χ0n) is 25.7. The molecule has 2 aliphatic carbocycles. The molecule has 0 radical (unpaired) electrons. The van der Waals surface area contributed by atoms with Gasteiger partial charge in [-0.05, 0) is 69.2 Å². The number of hydrogen-bond acceptors (Lipinski definition) is 9. The highest BCUT2D eigenvalue weighted by Crippen LogP contribution is 2.52. The molecule has 2 fully saturated rings. The molecule has 0 spiro atoms. The van der Waals surface area contributed by atoms with E-state index in [1.807, 2.05) is 12.1 Å². The molecule has 16 heteroatoms. The second kappa shape index (κ2) is 13.0. The first kappa shape index (κ1) is 34.5. The quantitative estimate of drug-likeness (QED) is 0.213. The Morgan fingerprint density at radius 3 is 2.19 bits per heavy atom. The summed E-state index contributed by atoms with van der Waals surface area (Å²) in [6.45, 7) is 1.54. The lowest BCUT2D eigenvalue weighted by atomic mass is 9.94. The van der Waals surface area contributed by atoms with Crippen LogP contribution in [-0.4, -0.2) is 58.2 Å². The van der Waals surface area contributed by atoms with Crippen molar-refractivity contribution in [2.75, 3.05) is 11.9 Å². The van der Waals surface area contributed by atoms with Gasteiger partial charge in [0.2, 0.25) is 11.9 Å². The molecule has 1 aromatic heterocycles. The average molecular weight is 695 g/mol. The largest absolute Gasteiger partial charge is 0.454 e. The highest BCUT2D eigenvalue weighted by molar-refractivity contribution is 7.87. The number of ether oxygens (including phenoxy) is 1. The van der Waals surface area contributed by atoms with E-state index >= 15 is 0 Å². The number of halogens is 4. The van der Waals surface area contributed by atoms with Gasteiger partial charge in [-0.2, -0.15) is 36.5 Å². The number of Topliss-reactive ketones (excluding diaryl/α,β-unsaturated/α-hetero) is 1. The third kappa shape index (κ3) is 8.56. The van der Waals surface area contributed by atoms with Gasteiger partial charge in [-0.15, -0.1) is 0 Å². The summed E-state index contributed by atoms with van der Waals surface area (Å²) < 4.78 is 68.3. The van der Waals surface area contributed by atoms with Crippen molar-refractivity contribution in [1.29, 1.82) is 0 Å². The minimum absolute atomic E-state index is 0.0272. The van der Waals surface area contributed by atoms with Crippen LogP contribution in [0, 0.1) is 5.41 Å². The van der Waals surface area contributed by atoms with Crippen molar-refractivity contribution in [3.8, 4) is 6.01 Å². The Bertz CT molecular complexity index is 1750. The number of carbonyl (C=O) groups excluding carboxylic acids is 2. The van der Waals surface area contributed by atoms with Crippen molar-refractivity contribution in [2.45, 2.75) is 76.6 Å². The van der Waals surface area contributed by atoms with Gasteiger partial charge in [-0.1, -0.05) is 48.0 Å². The number of alkyl halides is 3. The lowest BCUT2D eigenvalue weighted by molar-refractivity contribution is -0.154. The number of nitrogens with two attached hydrogens (primary N) is 1. The maximum atomic E-state index is 13.1. The van der Waals surface area contributed by atoms with E-state index in [0.717, 1.165) is 18.4 Å². The summed E-state index contributed by atoms with van der Waals surface area (Å²) in [4.78, 5) is 38.7. The molecule has 3 aromatic rings. The predicted octanol–water partition coefficient (Wildman–Crippen LogP) is 5.34. The standard InChI is InChI=1S/C31H34ClF3N6O5S/c1-19(2)41(47(36,44)45)26(43)29(13-14-29)12-11-24(42)21-5-3-20(4-6-21)17-25-37-27(39-28(38-25)46-18-31(33,34)35)40-30(15-16-30)22-7-9-23(32)10-8-22/h3-10,19H,11-18H2,1-2H3,(H2,36,44,45)(H,37,38,39,40). The normalized spacial score (nSPS) is 16.4. The van der Waals surface area contributed by atoms with Gasteiger partial charge < -0.3 is 10.1 Å². The highest BCUT2D eigenvalue weighted by atomic mass is 35.5. The molecule has 0 bridgehead atoms. The number of benzene rings is 2. The Balaban J connectivity index is 1.27. The summed E-state index contributed by atoms with van der Waals surface area (Å²) in [6.07, 6.45) is -1.83. The minimum atomic E-state index is -4.59. The van der Waals surface area contributed by atoms with E-state index < -0.39 is 51.9 Å². The SMILES string of the molecule is CC(C)N(C(=O)C1(CCC(=O)c2ccc(Cc3nc(NC4(c5ccc(Cl)cc5)CC4)nc(OCC(F)(F)F)n3)cc2)CC1)S(N)(=O)=O. The Labute approximate surface area is 275 Å². The topological polar surface area (TPSA) is 157 Å². The van der Waals surface area contributed by atoms with Crippen LogP contribution in [0.3, 0.4) is 0 Å². The summed E-state index contributed by atoms with van der Waals surface area (Å²) in [7, 11) is -4.25. The third-order valence-electron chi connectivity index (χ3n) is 8.24. The van der Waals surface area contributed by atoms with Crippen LogP contribution in [0.25, 0.3) is 0 Å². The highest BCUT2D eigenvalue weighted by Gasteiger charge is 2.53. The molecule has 0 atom stereocenters.